The number of carbonyl (C=O) groups is 1. The van der Waals surface area contributed by atoms with Gasteiger partial charge in [-0.2, -0.15) is 0 Å². The number of amides is 1. The fourth-order valence-electron chi connectivity index (χ4n) is 3.73. The first kappa shape index (κ1) is 20.5. The number of aromatic nitrogens is 1. The molecule has 2 N–H and O–H groups in total. The van der Waals surface area contributed by atoms with E-state index < -0.39 is 0 Å². The minimum Gasteiger partial charge on any atom is -0.484 e. The average molecular weight is 414 g/mol. The van der Waals surface area contributed by atoms with Gasteiger partial charge in [0.25, 0.3) is 5.91 Å². The topological polar surface area (TPSA) is 57.4 Å². The number of hydrogen-bond donors (Lipinski definition) is 2. The van der Waals surface area contributed by atoms with Crippen LogP contribution < -0.4 is 15.0 Å². The van der Waals surface area contributed by atoms with Crippen LogP contribution in [0.15, 0.2) is 85.1 Å². The Kier molecular flexibility index (Phi) is 6.22. The van der Waals surface area contributed by atoms with Crippen molar-refractivity contribution in [3.05, 3.63) is 96.2 Å². The standard InChI is InChI=1S/C26H27N3O2/c1-29(2)20-14-12-19(13-15-20)23(24-17-27-25-11-7-6-10-22(24)25)16-28-26(30)18-31-21-8-4-3-5-9-21/h3-15,17,23,27H,16,18H2,1-2H3,(H,28,30)/t23-/m0/s1. The maximum Gasteiger partial charge on any atom is 0.257 e. The molecule has 0 fully saturated rings. The first-order valence-electron chi connectivity index (χ1n) is 10.4. The Hall–Kier alpha value is -3.73. The number of fused-ring (bicyclic) bond motifs is 1. The highest BCUT2D eigenvalue weighted by Gasteiger charge is 2.19. The fraction of sp³-hybridized carbons (Fsp3) is 0.192. The second-order valence-electron chi connectivity index (χ2n) is 7.73. The summed E-state index contributed by atoms with van der Waals surface area (Å²) in [6.07, 6.45) is 2.04. The van der Waals surface area contributed by atoms with Gasteiger partial charge in [0.15, 0.2) is 6.61 Å². The quantitative estimate of drug-likeness (QED) is 0.445. The maximum atomic E-state index is 12.5. The van der Waals surface area contributed by atoms with E-state index in [0.717, 1.165) is 22.3 Å². The maximum absolute atomic E-state index is 12.5. The first-order chi connectivity index (χ1) is 15.1. The Morgan fingerprint density at radius 1 is 0.968 bits per heavy atom. The van der Waals surface area contributed by atoms with Crippen LogP contribution >= 0.6 is 0 Å². The highest BCUT2D eigenvalue weighted by Crippen LogP contribution is 2.31. The van der Waals surface area contributed by atoms with Crippen molar-refractivity contribution in [1.82, 2.24) is 10.3 Å². The summed E-state index contributed by atoms with van der Waals surface area (Å²) in [7, 11) is 4.05. The molecule has 0 aliphatic rings. The highest BCUT2D eigenvalue weighted by atomic mass is 16.5. The molecule has 5 heteroatoms. The van der Waals surface area contributed by atoms with E-state index in [-0.39, 0.29) is 18.4 Å². The zero-order valence-electron chi connectivity index (χ0n) is 17.8. The molecule has 3 aromatic carbocycles. The summed E-state index contributed by atoms with van der Waals surface area (Å²) in [6, 6.07) is 26.1. The van der Waals surface area contributed by atoms with Gasteiger partial charge in [0, 0.05) is 49.3 Å². The van der Waals surface area contributed by atoms with E-state index in [1.165, 1.54) is 5.39 Å². The molecule has 1 atom stereocenters. The molecule has 31 heavy (non-hydrogen) atoms. The summed E-state index contributed by atoms with van der Waals surface area (Å²) >= 11 is 0. The lowest BCUT2D eigenvalue weighted by Gasteiger charge is -2.20. The van der Waals surface area contributed by atoms with E-state index in [0.29, 0.717) is 12.3 Å². The zero-order valence-corrected chi connectivity index (χ0v) is 17.8. The molecule has 0 aliphatic heterocycles. The molecule has 0 spiro atoms. The van der Waals surface area contributed by atoms with Crippen LogP contribution in [0.3, 0.4) is 0 Å². The molecule has 0 saturated heterocycles. The molecular formula is C26H27N3O2. The monoisotopic (exact) mass is 413 g/mol. The Morgan fingerprint density at radius 2 is 1.68 bits per heavy atom. The summed E-state index contributed by atoms with van der Waals surface area (Å²) in [5.41, 5.74) is 4.55. The van der Waals surface area contributed by atoms with Crippen LogP contribution in [0.4, 0.5) is 5.69 Å². The van der Waals surface area contributed by atoms with Crippen LogP contribution in [-0.4, -0.2) is 38.1 Å². The Labute approximate surface area is 182 Å². The van der Waals surface area contributed by atoms with Crippen molar-refractivity contribution >= 4 is 22.5 Å². The molecule has 0 radical (unpaired) electrons. The Bertz CT molecular complexity index is 1130. The predicted molar refractivity (Wildman–Crippen MR) is 126 cm³/mol. The summed E-state index contributed by atoms with van der Waals surface area (Å²) < 4.78 is 5.59. The fourth-order valence-corrected chi connectivity index (χ4v) is 3.73. The van der Waals surface area contributed by atoms with Crippen LogP contribution in [-0.2, 0) is 4.79 Å². The van der Waals surface area contributed by atoms with Gasteiger partial charge in [0.05, 0.1) is 0 Å². The van der Waals surface area contributed by atoms with Crippen molar-refractivity contribution < 1.29 is 9.53 Å². The summed E-state index contributed by atoms with van der Waals surface area (Å²) in [4.78, 5) is 17.9. The number of hydrogen-bond acceptors (Lipinski definition) is 3. The van der Waals surface area contributed by atoms with E-state index >= 15 is 0 Å². The smallest absolute Gasteiger partial charge is 0.257 e. The van der Waals surface area contributed by atoms with Gasteiger partial charge in [-0.25, -0.2) is 0 Å². The van der Waals surface area contributed by atoms with Crippen LogP contribution in [0.2, 0.25) is 0 Å². The zero-order chi connectivity index (χ0) is 21.6. The van der Waals surface area contributed by atoms with E-state index in [2.05, 4.69) is 51.6 Å². The molecule has 0 unspecified atom stereocenters. The van der Waals surface area contributed by atoms with Crippen LogP contribution in [0.1, 0.15) is 17.0 Å². The van der Waals surface area contributed by atoms with E-state index in [1.807, 2.05) is 62.8 Å². The number of carbonyl (C=O) groups excluding carboxylic acids is 1. The summed E-state index contributed by atoms with van der Waals surface area (Å²) in [5.74, 6) is 0.566. The molecule has 1 aromatic heterocycles. The largest absolute Gasteiger partial charge is 0.484 e. The predicted octanol–water partition coefficient (Wildman–Crippen LogP) is 4.56. The molecule has 158 valence electrons. The van der Waals surface area contributed by atoms with Gasteiger partial charge in [0.1, 0.15) is 5.75 Å². The van der Waals surface area contributed by atoms with Gasteiger partial charge in [-0.3, -0.25) is 4.79 Å². The van der Waals surface area contributed by atoms with E-state index in [9.17, 15) is 4.79 Å². The molecule has 0 aliphatic carbocycles. The number of nitrogens with zero attached hydrogens (tertiary/aromatic N) is 1. The number of aromatic amines is 1. The van der Waals surface area contributed by atoms with Crippen LogP contribution in [0, 0.1) is 0 Å². The van der Waals surface area contributed by atoms with E-state index in [4.69, 9.17) is 4.74 Å². The van der Waals surface area contributed by atoms with Gasteiger partial charge in [-0.05, 0) is 41.5 Å². The molecule has 4 rings (SSSR count). The molecule has 1 heterocycles. The van der Waals surface area contributed by atoms with Crippen molar-refractivity contribution in [2.45, 2.75) is 5.92 Å². The van der Waals surface area contributed by atoms with Crippen molar-refractivity contribution in [1.29, 1.82) is 0 Å². The van der Waals surface area contributed by atoms with Gasteiger partial charge < -0.3 is 19.9 Å². The third kappa shape index (κ3) is 4.89. The van der Waals surface area contributed by atoms with Gasteiger partial charge in [-0.15, -0.1) is 0 Å². The van der Waals surface area contributed by atoms with Crippen molar-refractivity contribution in [3.63, 3.8) is 0 Å². The van der Waals surface area contributed by atoms with Crippen molar-refractivity contribution in [2.75, 3.05) is 32.1 Å². The lowest BCUT2D eigenvalue weighted by Crippen LogP contribution is -2.32. The SMILES string of the molecule is CN(C)c1ccc([C@H](CNC(=O)COc2ccccc2)c2c[nH]c3ccccc23)cc1. The normalized spacial score (nSPS) is 11.8. The summed E-state index contributed by atoms with van der Waals surface area (Å²) in [6.45, 7) is 0.477. The average Bonchev–Trinajstić information content (AvgIpc) is 3.23. The number of nitrogens with one attached hydrogen (secondary N) is 2. The Morgan fingerprint density at radius 3 is 2.42 bits per heavy atom. The van der Waals surface area contributed by atoms with Crippen molar-refractivity contribution in [2.24, 2.45) is 0 Å². The highest BCUT2D eigenvalue weighted by molar-refractivity contribution is 5.84. The number of ether oxygens (including phenoxy) is 1. The first-order valence-corrected chi connectivity index (χ1v) is 10.4. The van der Waals surface area contributed by atoms with Gasteiger partial charge in [0.2, 0.25) is 0 Å². The Balaban J connectivity index is 1.53. The molecule has 1 amide bonds. The molecule has 5 nitrogen and oxygen atoms in total. The summed E-state index contributed by atoms with van der Waals surface area (Å²) in [5, 5.41) is 4.22. The number of para-hydroxylation sites is 2. The lowest BCUT2D eigenvalue weighted by atomic mass is 9.90. The van der Waals surface area contributed by atoms with Gasteiger partial charge >= 0.3 is 0 Å². The number of benzene rings is 3. The molecule has 0 saturated carbocycles. The number of H-pyrrole nitrogens is 1. The minimum atomic E-state index is -0.140. The van der Waals surface area contributed by atoms with Gasteiger partial charge in [-0.1, -0.05) is 48.5 Å². The van der Waals surface area contributed by atoms with Crippen molar-refractivity contribution in [3.8, 4) is 5.75 Å². The molecular weight excluding hydrogens is 386 g/mol. The van der Waals surface area contributed by atoms with Crippen LogP contribution in [0.5, 0.6) is 5.75 Å². The number of rotatable bonds is 8. The molecule has 4 aromatic rings. The molecule has 0 bridgehead atoms. The third-order valence-electron chi connectivity index (χ3n) is 5.43. The van der Waals surface area contributed by atoms with E-state index in [1.54, 1.807) is 0 Å². The minimum absolute atomic E-state index is 0.00974. The number of anilines is 1. The third-order valence-corrected chi connectivity index (χ3v) is 5.43. The second-order valence-corrected chi connectivity index (χ2v) is 7.73. The lowest BCUT2D eigenvalue weighted by molar-refractivity contribution is -0.123. The second kappa shape index (κ2) is 9.39. The van der Waals surface area contributed by atoms with Crippen LogP contribution in [0.25, 0.3) is 10.9 Å².